The maximum absolute atomic E-state index is 4.31. The van der Waals surface area contributed by atoms with Crippen LogP contribution in [-0.2, 0) is 0 Å². The summed E-state index contributed by atoms with van der Waals surface area (Å²) in [6.45, 7) is 8.98. The van der Waals surface area contributed by atoms with Crippen molar-refractivity contribution in [3.8, 4) is 11.3 Å². The molecule has 0 saturated carbocycles. The number of anilines is 1. The molecule has 2 aromatic heterocycles. The Bertz CT molecular complexity index is 894. The first kappa shape index (κ1) is 14.2. The van der Waals surface area contributed by atoms with E-state index in [1.807, 2.05) is 6.07 Å². The van der Waals surface area contributed by atoms with E-state index in [0.717, 1.165) is 12.1 Å². The predicted octanol–water partition coefficient (Wildman–Crippen LogP) is 3.80. The molecule has 0 bridgehead atoms. The van der Waals surface area contributed by atoms with Gasteiger partial charge in [-0.15, -0.1) is 0 Å². The van der Waals surface area contributed by atoms with Crippen LogP contribution in [0.1, 0.15) is 44.2 Å². The highest BCUT2D eigenvalue weighted by Crippen LogP contribution is 2.41. The van der Waals surface area contributed by atoms with Gasteiger partial charge in [0.25, 0.3) is 5.78 Å². The van der Waals surface area contributed by atoms with E-state index in [9.17, 15) is 0 Å². The molecule has 3 aromatic rings. The summed E-state index contributed by atoms with van der Waals surface area (Å²) in [5.74, 6) is 1.18. The Morgan fingerprint density at radius 1 is 1.26 bits per heavy atom. The van der Waals surface area contributed by atoms with Crippen molar-refractivity contribution < 1.29 is 0 Å². The van der Waals surface area contributed by atoms with Crippen LogP contribution >= 0.6 is 0 Å². The van der Waals surface area contributed by atoms with E-state index in [1.54, 1.807) is 17.0 Å². The van der Waals surface area contributed by atoms with Crippen LogP contribution in [-0.4, -0.2) is 25.1 Å². The molecule has 0 unspecified atom stereocenters. The van der Waals surface area contributed by atoms with Gasteiger partial charge in [-0.3, -0.25) is 0 Å². The third-order valence-corrected chi connectivity index (χ3v) is 4.67. The molecule has 0 aliphatic carbocycles. The van der Waals surface area contributed by atoms with Gasteiger partial charge in [0, 0.05) is 23.0 Å². The zero-order chi connectivity index (χ0) is 16.2. The van der Waals surface area contributed by atoms with Crippen molar-refractivity contribution in [3.05, 3.63) is 41.9 Å². The second kappa shape index (κ2) is 4.78. The largest absolute Gasteiger partial charge is 0.380 e. The van der Waals surface area contributed by atoms with E-state index < -0.39 is 0 Å². The molecule has 1 N–H and O–H groups in total. The summed E-state index contributed by atoms with van der Waals surface area (Å²) in [5, 5.41) is 8.00. The molecule has 1 aromatic carbocycles. The number of aromatic nitrogens is 4. The minimum Gasteiger partial charge on any atom is -0.380 e. The summed E-state index contributed by atoms with van der Waals surface area (Å²) in [7, 11) is 0. The molecule has 5 nitrogen and oxygen atoms in total. The second-order valence-corrected chi connectivity index (χ2v) is 7.17. The summed E-state index contributed by atoms with van der Waals surface area (Å²) in [4.78, 5) is 8.44. The molecule has 5 heteroatoms. The Balaban J connectivity index is 1.93. The van der Waals surface area contributed by atoms with Crippen molar-refractivity contribution in [1.29, 1.82) is 0 Å². The number of benzene rings is 1. The van der Waals surface area contributed by atoms with E-state index >= 15 is 0 Å². The molecule has 0 amide bonds. The lowest BCUT2D eigenvalue weighted by molar-refractivity contribution is 0.454. The number of hydrogen-bond acceptors (Lipinski definition) is 4. The Hall–Kier alpha value is -2.43. The summed E-state index contributed by atoms with van der Waals surface area (Å²) < 4.78 is 1.80. The van der Waals surface area contributed by atoms with Crippen LogP contribution in [0.4, 0.5) is 5.69 Å². The van der Waals surface area contributed by atoms with Gasteiger partial charge in [0.05, 0.1) is 5.69 Å². The first-order valence-electron chi connectivity index (χ1n) is 8.02. The Morgan fingerprint density at radius 3 is 2.91 bits per heavy atom. The topological polar surface area (TPSA) is 55.1 Å². The number of nitrogens with zero attached hydrogens (tertiary/aromatic N) is 4. The third kappa shape index (κ3) is 2.27. The monoisotopic (exact) mass is 307 g/mol. The van der Waals surface area contributed by atoms with Crippen LogP contribution in [0.2, 0.25) is 0 Å². The maximum atomic E-state index is 4.31. The highest BCUT2D eigenvalue weighted by atomic mass is 15.3. The summed E-state index contributed by atoms with van der Waals surface area (Å²) >= 11 is 0. The zero-order valence-corrected chi connectivity index (χ0v) is 14.0. The predicted molar refractivity (Wildman–Crippen MR) is 91.7 cm³/mol. The molecule has 0 saturated heterocycles. The molecule has 4 rings (SSSR count). The minimum atomic E-state index is 0.111. The Morgan fingerprint density at radius 2 is 2.09 bits per heavy atom. The molecular formula is C18H21N5. The number of nitrogens with one attached hydrogen (secondary N) is 1. The number of hydrogen-bond donors (Lipinski definition) is 1. The molecule has 1 aliphatic heterocycles. The van der Waals surface area contributed by atoms with Gasteiger partial charge in [-0.1, -0.05) is 13.0 Å². The van der Waals surface area contributed by atoms with Crippen LogP contribution in [0.3, 0.4) is 0 Å². The number of aryl methyl sites for hydroxylation is 1. The summed E-state index contributed by atoms with van der Waals surface area (Å²) in [6.07, 6.45) is 4.47. The molecule has 0 fully saturated rings. The van der Waals surface area contributed by atoms with Crippen LogP contribution in [0.5, 0.6) is 0 Å². The smallest absolute Gasteiger partial charge is 0.252 e. The molecule has 3 heterocycles. The SMILES string of the molecule is Cc1cc2c(cc1-c1ccnc3ncnn13)NC(C)(C)C[C@@H]2C. The molecular weight excluding hydrogens is 286 g/mol. The van der Waals surface area contributed by atoms with Gasteiger partial charge >= 0.3 is 0 Å². The van der Waals surface area contributed by atoms with Gasteiger partial charge in [-0.25, -0.2) is 4.98 Å². The van der Waals surface area contributed by atoms with Crippen molar-refractivity contribution in [2.75, 3.05) is 5.32 Å². The van der Waals surface area contributed by atoms with E-state index in [0.29, 0.717) is 11.7 Å². The van der Waals surface area contributed by atoms with Crippen molar-refractivity contribution >= 4 is 11.5 Å². The van der Waals surface area contributed by atoms with Crippen LogP contribution in [0.25, 0.3) is 17.0 Å². The van der Waals surface area contributed by atoms with Crippen molar-refractivity contribution in [1.82, 2.24) is 19.6 Å². The average Bonchev–Trinajstić information content (AvgIpc) is 2.95. The zero-order valence-electron chi connectivity index (χ0n) is 14.0. The average molecular weight is 307 g/mol. The lowest BCUT2D eigenvalue weighted by Crippen LogP contribution is -2.36. The van der Waals surface area contributed by atoms with Crippen LogP contribution < -0.4 is 5.32 Å². The van der Waals surface area contributed by atoms with Gasteiger partial charge in [-0.05, 0) is 56.4 Å². The second-order valence-electron chi connectivity index (χ2n) is 7.17. The highest BCUT2D eigenvalue weighted by Gasteiger charge is 2.30. The normalized spacial score (nSPS) is 19.4. The van der Waals surface area contributed by atoms with E-state index in [1.165, 1.54) is 22.4 Å². The molecule has 118 valence electrons. The third-order valence-electron chi connectivity index (χ3n) is 4.67. The van der Waals surface area contributed by atoms with Crippen molar-refractivity contribution in [3.63, 3.8) is 0 Å². The first-order chi connectivity index (χ1) is 10.9. The fourth-order valence-electron chi connectivity index (χ4n) is 3.76. The Labute approximate surface area is 135 Å². The number of fused-ring (bicyclic) bond motifs is 2. The molecule has 23 heavy (non-hydrogen) atoms. The molecule has 1 atom stereocenters. The molecule has 0 radical (unpaired) electrons. The summed E-state index contributed by atoms with van der Waals surface area (Å²) in [5.41, 5.74) is 6.17. The van der Waals surface area contributed by atoms with Crippen molar-refractivity contribution in [2.45, 2.75) is 45.6 Å². The van der Waals surface area contributed by atoms with Gasteiger partial charge in [-0.2, -0.15) is 14.6 Å². The standard InChI is InChI=1S/C18H21N5/c1-11-7-13-12(2)9-18(3,4)22-15(13)8-14(11)16-5-6-19-17-20-10-21-23(16)17/h5-8,10,12,22H,9H2,1-4H3/t12-/m0/s1. The number of rotatable bonds is 1. The molecule has 1 aliphatic rings. The lowest BCUT2D eigenvalue weighted by atomic mass is 9.80. The first-order valence-corrected chi connectivity index (χ1v) is 8.02. The Kier molecular flexibility index (Phi) is 2.95. The van der Waals surface area contributed by atoms with E-state index in [-0.39, 0.29) is 5.54 Å². The molecule has 0 spiro atoms. The van der Waals surface area contributed by atoms with Gasteiger partial charge in [0.1, 0.15) is 6.33 Å². The van der Waals surface area contributed by atoms with Crippen LogP contribution in [0.15, 0.2) is 30.7 Å². The van der Waals surface area contributed by atoms with Gasteiger partial charge in [0.2, 0.25) is 0 Å². The van der Waals surface area contributed by atoms with E-state index in [4.69, 9.17) is 0 Å². The van der Waals surface area contributed by atoms with E-state index in [2.05, 4.69) is 60.2 Å². The van der Waals surface area contributed by atoms with Crippen molar-refractivity contribution in [2.24, 2.45) is 0 Å². The fourth-order valence-corrected chi connectivity index (χ4v) is 3.76. The summed E-state index contributed by atoms with van der Waals surface area (Å²) in [6, 6.07) is 6.55. The van der Waals surface area contributed by atoms with Gasteiger partial charge < -0.3 is 5.32 Å². The minimum absolute atomic E-state index is 0.111. The quantitative estimate of drug-likeness (QED) is 0.743. The highest BCUT2D eigenvalue weighted by molar-refractivity contribution is 5.73. The van der Waals surface area contributed by atoms with Gasteiger partial charge in [0.15, 0.2) is 0 Å². The lowest BCUT2D eigenvalue weighted by Gasteiger charge is -2.38. The van der Waals surface area contributed by atoms with Crippen LogP contribution in [0, 0.1) is 6.92 Å². The maximum Gasteiger partial charge on any atom is 0.252 e. The fraction of sp³-hybridized carbons (Fsp3) is 0.389.